The third kappa shape index (κ3) is 6.23. The van der Waals surface area contributed by atoms with Crippen molar-refractivity contribution in [3.05, 3.63) is 57.0 Å². The van der Waals surface area contributed by atoms with Gasteiger partial charge in [0.25, 0.3) is 5.91 Å². The lowest BCUT2D eigenvalue weighted by molar-refractivity contribution is -0.129. The first-order chi connectivity index (χ1) is 11.8. The summed E-state index contributed by atoms with van der Waals surface area (Å²) in [6.45, 7) is 1.39. The quantitative estimate of drug-likeness (QED) is 0.697. The van der Waals surface area contributed by atoms with Crippen LogP contribution in [0.25, 0.3) is 0 Å². The maximum atomic E-state index is 12.0. The van der Waals surface area contributed by atoms with E-state index >= 15 is 0 Å². The van der Waals surface area contributed by atoms with Crippen molar-refractivity contribution in [1.29, 1.82) is 0 Å². The summed E-state index contributed by atoms with van der Waals surface area (Å²) in [5, 5.41) is 5.96. The number of nitrogens with one attached hydrogen (secondary N) is 2. The van der Waals surface area contributed by atoms with Crippen molar-refractivity contribution in [1.82, 2.24) is 5.32 Å². The molecule has 0 aliphatic heterocycles. The summed E-state index contributed by atoms with van der Waals surface area (Å²) in [7, 11) is 0. The molecule has 5 nitrogen and oxygen atoms in total. The van der Waals surface area contributed by atoms with Crippen LogP contribution >= 0.6 is 39.1 Å². The zero-order chi connectivity index (χ0) is 18.4. The number of halogens is 3. The van der Waals surface area contributed by atoms with E-state index in [4.69, 9.17) is 27.9 Å². The highest BCUT2D eigenvalue weighted by Crippen LogP contribution is 2.28. The second-order valence-electron chi connectivity index (χ2n) is 5.11. The Morgan fingerprint density at radius 1 is 1.16 bits per heavy atom. The molecule has 0 radical (unpaired) electrons. The summed E-state index contributed by atoms with van der Waals surface area (Å²) in [5.74, 6) is -0.433. The lowest BCUT2D eigenvalue weighted by Crippen LogP contribution is -2.40. The minimum Gasteiger partial charge on any atom is -0.479 e. The largest absolute Gasteiger partial charge is 0.479 e. The minimum absolute atomic E-state index is 0.170. The molecule has 2 N–H and O–H groups in total. The fourth-order valence-electron chi connectivity index (χ4n) is 1.86. The van der Waals surface area contributed by atoms with E-state index in [9.17, 15) is 9.59 Å². The standard InChI is InChI=1S/C17H15BrCl2N2O3/c1-10(25-15-7-4-12(19)8-14(15)20)17(24)21-9-16(23)22-13-5-2-11(18)3-6-13/h2-8,10H,9H2,1H3,(H,21,24)(H,22,23). The van der Waals surface area contributed by atoms with Gasteiger partial charge in [0, 0.05) is 15.2 Å². The van der Waals surface area contributed by atoms with Gasteiger partial charge in [-0.1, -0.05) is 39.1 Å². The molecule has 0 heterocycles. The van der Waals surface area contributed by atoms with Crippen molar-refractivity contribution >= 4 is 56.6 Å². The second kappa shape index (κ2) is 9.08. The predicted molar refractivity (Wildman–Crippen MR) is 102 cm³/mol. The number of hydrogen-bond acceptors (Lipinski definition) is 3. The van der Waals surface area contributed by atoms with Gasteiger partial charge in [0.1, 0.15) is 5.75 Å². The number of amides is 2. The SMILES string of the molecule is CC(Oc1ccc(Cl)cc1Cl)C(=O)NCC(=O)Nc1ccc(Br)cc1. The van der Waals surface area contributed by atoms with Crippen molar-refractivity contribution in [3.63, 3.8) is 0 Å². The molecule has 2 amide bonds. The third-order valence-electron chi connectivity index (χ3n) is 3.12. The number of benzene rings is 2. The first-order valence-electron chi connectivity index (χ1n) is 7.30. The van der Waals surface area contributed by atoms with E-state index in [-0.39, 0.29) is 12.5 Å². The smallest absolute Gasteiger partial charge is 0.261 e. The van der Waals surface area contributed by atoms with E-state index in [1.807, 2.05) is 0 Å². The summed E-state index contributed by atoms with van der Waals surface area (Å²) in [6.07, 6.45) is -0.820. The van der Waals surface area contributed by atoms with E-state index in [1.165, 1.54) is 6.07 Å². The van der Waals surface area contributed by atoms with Gasteiger partial charge in [0.15, 0.2) is 6.10 Å². The van der Waals surface area contributed by atoms with Crippen molar-refractivity contribution in [2.24, 2.45) is 0 Å². The maximum absolute atomic E-state index is 12.0. The summed E-state index contributed by atoms with van der Waals surface area (Å²) in [6, 6.07) is 11.8. The monoisotopic (exact) mass is 444 g/mol. The highest BCUT2D eigenvalue weighted by molar-refractivity contribution is 9.10. The van der Waals surface area contributed by atoms with Gasteiger partial charge in [0.2, 0.25) is 5.91 Å². The number of rotatable bonds is 6. The van der Waals surface area contributed by atoms with Crippen LogP contribution in [0.5, 0.6) is 5.75 Å². The minimum atomic E-state index is -0.820. The summed E-state index contributed by atoms with van der Waals surface area (Å²) >= 11 is 15.1. The summed E-state index contributed by atoms with van der Waals surface area (Å²) in [5.41, 5.74) is 0.639. The van der Waals surface area contributed by atoms with Gasteiger partial charge in [-0.25, -0.2) is 0 Å². The number of hydrogen-bond donors (Lipinski definition) is 2. The topological polar surface area (TPSA) is 67.4 Å². The Bertz CT molecular complexity index is 769. The molecule has 0 bridgehead atoms. The predicted octanol–water partition coefficient (Wildman–Crippen LogP) is 4.28. The number of carbonyl (C=O) groups excluding carboxylic acids is 2. The Labute approximate surface area is 163 Å². The normalized spacial score (nSPS) is 11.5. The van der Waals surface area contributed by atoms with E-state index < -0.39 is 12.0 Å². The van der Waals surface area contributed by atoms with Crippen molar-refractivity contribution in [2.45, 2.75) is 13.0 Å². The zero-order valence-electron chi connectivity index (χ0n) is 13.2. The van der Waals surface area contributed by atoms with Crippen molar-refractivity contribution < 1.29 is 14.3 Å². The van der Waals surface area contributed by atoms with Gasteiger partial charge < -0.3 is 15.4 Å². The molecule has 2 rings (SSSR count). The Hall–Kier alpha value is -1.76. The highest BCUT2D eigenvalue weighted by Gasteiger charge is 2.17. The molecule has 1 atom stereocenters. The van der Waals surface area contributed by atoms with Crippen LogP contribution in [-0.2, 0) is 9.59 Å². The molecule has 0 aliphatic carbocycles. The molecule has 132 valence electrons. The molecule has 2 aromatic rings. The van der Waals surface area contributed by atoms with Gasteiger partial charge >= 0.3 is 0 Å². The molecule has 2 aromatic carbocycles. The third-order valence-corrected chi connectivity index (χ3v) is 4.18. The lowest BCUT2D eigenvalue weighted by atomic mass is 10.3. The Morgan fingerprint density at radius 2 is 1.84 bits per heavy atom. The van der Waals surface area contributed by atoms with Crippen LogP contribution < -0.4 is 15.4 Å². The average Bonchev–Trinajstić information content (AvgIpc) is 2.57. The number of anilines is 1. The van der Waals surface area contributed by atoms with Crippen molar-refractivity contribution in [2.75, 3.05) is 11.9 Å². The van der Waals surface area contributed by atoms with Crippen LogP contribution in [0.2, 0.25) is 10.0 Å². The molecule has 0 spiro atoms. The van der Waals surface area contributed by atoms with Crippen LogP contribution in [0, 0.1) is 0 Å². The fraction of sp³-hybridized carbons (Fsp3) is 0.176. The fourth-order valence-corrected chi connectivity index (χ4v) is 2.58. The van der Waals surface area contributed by atoms with Gasteiger partial charge in [-0.2, -0.15) is 0 Å². The summed E-state index contributed by atoms with van der Waals surface area (Å²) < 4.78 is 6.39. The molecule has 0 aromatic heterocycles. The first-order valence-corrected chi connectivity index (χ1v) is 8.85. The van der Waals surface area contributed by atoms with Crippen LogP contribution in [0.4, 0.5) is 5.69 Å². The van der Waals surface area contributed by atoms with Crippen LogP contribution in [0.3, 0.4) is 0 Å². The zero-order valence-corrected chi connectivity index (χ0v) is 16.3. The molecule has 0 fully saturated rings. The number of carbonyl (C=O) groups is 2. The Kier molecular flexibility index (Phi) is 7.11. The molecule has 8 heteroatoms. The van der Waals surface area contributed by atoms with Gasteiger partial charge in [0.05, 0.1) is 11.6 Å². The van der Waals surface area contributed by atoms with Gasteiger partial charge in [-0.3, -0.25) is 9.59 Å². The molecule has 1 unspecified atom stereocenters. The molecular formula is C17H15BrCl2N2O3. The number of ether oxygens (including phenoxy) is 1. The van der Waals surface area contributed by atoms with E-state index in [2.05, 4.69) is 26.6 Å². The van der Waals surface area contributed by atoms with Crippen LogP contribution in [0.1, 0.15) is 6.92 Å². The van der Waals surface area contributed by atoms with E-state index in [0.29, 0.717) is 21.5 Å². The second-order valence-corrected chi connectivity index (χ2v) is 6.87. The van der Waals surface area contributed by atoms with E-state index in [0.717, 1.165) is 4.47 Å². The molecule has 0 saturated carbocycles. The van der Waals surface area contributed by atoms with Gasteiger partial charge in [-0.05, 0) is 49.4 Å². The van der Waals surface area contributed by atoms with E-state index in [1.54, 1.807) is 43.3 Å². The molecule has 0 saturated heterocycles. The maximum Gasteiger partial charge on any atom is 0.261 e. The summed E-state index contributed by atoms with van der Waals surface area (Å²) in [4.78, 5) is 23.9. The molecular weight excluding hydrogens is 431 g/mol. The van der Waals surface area contributed by atoms with Crippen LogP contribution in [0.15, 0.2) is 46.9 Å². The van der Waals surface area contributed by atoms with Crippen LogP contribution in [-0.4, -0.2) is 24.5 Å². The molecule has 0 aliphatic rings. The average molecular weight is 446 g/mol. The highest BCUT2D eigenvalue weighted by atomic mass is 79.9. The van der Waals surface area contributed by atoms with Gasteiger partial charge in [-0.15, -0.1) is 0 Å². The Morgan fingerprint density at radius 3 is 2.48 bits per heavy atom. The first kappa shape index (κ1) is 19.6. The van der Waals surface area contributed by atoms with Crippen molar-refractivity contribution in [3.8, 4) is 5.75 Å². The molecule has 25 heavy (non-hydrogen) atoms. The Balaban J connectivity index is 1.82. The lowest BCUT2D eigenvalue weighted by Gasteiger charge is -2.15.